The van der Waals surface area contributed by atoms with E-state index in [1.807, 2.05) is 31.2 Å². The van der Waals surface area contributed by atoms with Gasteiger partial charge in [-0.05, 0) is 31.0 Å². The number of carbonyl (C=O) groups is 2. The van der Waals surface area contributed by atoms with Crippen molar-refractivity contribution in [2.45, 2.75) is 19.8 Å². The van der Waals surface area contributed by atoms with E-state index in [4.69, 9.17) is 9.47 Å². The number of carboxylic acids is 1. The van der Waals surface area contributed by atoms with Crippen molar-refractivity contribution < 1.29 is 24.2 Å². The highest BCUT2D eigenvalue weighted by Crippen LogP contribution is 2.34. The van der Waals surface area contributed by atoms with Gasteiger partial charge < -0.3 is 19.9 Å². The average Bonchev–Trinajstić information content (AvgIpc) is 2.62. The number of ether oxygens (including phenoxy) is 2. The van der Waals surface area contributed by atoms with Crippen molar-refractivity contribution in [2.75, 3.05) is 19.5 Å². The Labute approximate surface area is 152 Å². The van der Waals surface area contributed by atoms with Crippen LogP contribution in [0.2, 0.25) is 0 Å². The summed E-state index contributed by atoms with van der Waals surface area (Å²) in [7, 11) is 2.98. The first-order valence-corrected chi connectivity index (χ1v) is 8.23. The van der Waals surface area contributed by atoms with Crippen molar-refractivity contribution in [3.63, 3.8) is 0 Å². The minimum atomic E-state index is -1.02. The smallest absolute Gasteiger partial charge is 0.304 e. The third-order valence-electron chi connectivity index (χ3n) is 4.07. The maximum absolute atomic E-state index is 12.8. The van der Waals surface area contributed by atoms with Crippen molar-refractivity contribution in [3.05, 3.63) is 53.6 Å². The van der Waals surface area contributed by atoms with Crippen molar-refractivity contribution >= 4 is 17.6 Å². The van der Waals surface area contributed by atoms with Gasteiger partial charge in [-0.2, -0.15) is 0 Å². The lowest BCUT2D eigenvalue weighted by Crippen LogP contribution is -2.27. The number of anilines is 1. The molecule has 0 unspecified atom stereocenters. The van der Waals surface area contributed by atoms with Crippen LogP contribution in [0.15, 0.2) is 42.5 Å². The third kappa shape index (κ3) is 4.99. The van der Waals surface area contributed by atoms with E-state index >= 15 is 0 Å². The van der Waals surface area contributed by atoms with Crippen LogP contribution in [0.25, 0.3) is 0 Å². The molecule has 2 N–H and O–H groups in total. The lowest BCUT2D eigenvalue weighted by molar-refractivity contribution is -0.140. The van der Waals surface area contributed by atoms with Gasteiger partial charge in [0.05, 0.1) is 26.6 Å². The van der Waals surface area contributed by atoms with Crippen LogP contribution in [0, 0.1) is 12.8 Å². The standard InChI is InChI=1S/C20H23NO5/c1-13-7-9-14(10-8-13)11-15(12-18(22)23)20(24)21-19-16(25-2)5-4-6-17(19)26-3/h4-10,15H,11-12H2,1-3H3,(H,21,24)(H,22,23)/t15-/m1/s1. The molecule has 0 radical (unpaired) electrons. The number of rotatable bonds is 8. The number of carbonyl (C=O) groups excluding carboxylic acids is 1. The van der Waals surface area contributed by atoms with Gasteiger partial charge in [-0.1, -0.05) is 35.9 Å². The Balaban J connectivity index is 2.24. The molecule has 6 heteroatoms. The Bertz CT molecular complexity index is 748. The summed E-state index contributed by atoms with van der Waals surface area (Å²) in [6.07, 6.45) is 0.0626. The normalized spacial score (nSPS) is 11.5. The van der Waals surface area contributed by atoms with E-state index in [0.717, 1.165) is 11.1 Å². The van der Waals surface area contributed by atoms with E-state index in [0.29, 0.717) is 23.6 Å². The molecule has 2 aromatic carbocycles. The topological polar surface area (TPSA) is 84.9 Å². The average molecular weight is 357 g/mol. The zero-order chi connectivity index (χ0) is 19.1. The van der Waals surface area contributed by atoms with E-state index in [9.17, 15) is 14.7 Å². The summed E-state index contributed by atoms with van der Waals surface area (Å²) in [5.41, 5.74) is 2.40. The Morgan fingerprint density at radius 2 is 1.62 bits per heavy atom. The Morgan fingerprint density at radius 3 is 2.12 bits per heavy atom. The zero-order valence-electron chi connectivity index (χ0n) is 15.1. The van der Waals surface area contributed by atoms with Gasteiger partial charge in [0.25, 0.3) is 0 Å². The summed E-state index contributed by atoms with van der Waals surface area (Å²) < 4.78 is 10.5. The summed E-state index contributed by atoms with van der Waals surface area (Å²) in [6.45, 7) is 1.97. The molecule has 0 aliphatic heterocycles. The number of aryl methyl sites for hydroxylation is 1. The van der Waals surface area contributed by atoms with E-state index < -0.39 is 17.8 Å². The number of benzene rings is 2. The van der Waals surface area contributed by atoms with Crippen molar-refractivity contribution in [3.8, 4) is 11.5 Å². The molecular formula is C20H23NO5. The van der Waals surface area contributed by atoms with Crippen LogP contribution in [0.5, 0.6) is 11.5 Å². The summed E-state index contributed by atoms with van der Waals surface area (Å²) in [4.78, 5) is 24.0. The molecule has 2 aromatic rings. The first-order valence-electron chi connectivity index (χ1n) is 8.23. The third-order valence-corrected chi connectivity index (χ3v) is 4.07. The number of carboxylic acid groups (broad SMARTS) is 1. The second-order valence-corrected chi connectivity index (χ2v) is 6.01. The van der Waals surface area contributed by atoms with Crippen LogP contribution in [0.4, 0.5) is 5.69 Å². The van der Waals surface area contributed by atoms with Gasteiger partial charge in [0.15, 0.2) is 0 Å². The molecule has 0 saturated carbocycles. The minimum Gasteiger partial charge on any atom is -0.494 e. The second-order valence-electron chi connectivity index (χ2n) is 6.01. The Kier molecular flexibility index (Phi) is 6.60. The number of para-hydroxylation sites is 1. The van der Waals surface area contributed by atoms with Crippen molar-refractivity contribution in [1.29, 1.82) is 0 Å². The van der Waals surface area contributed by atoms with Crippen LogP contribution in [-0.2, 0) is 16.0 Å². The molecule has 2 rings (SSSR count). The molecule has 0 aromatic heterocycles. The van der Waals surface area contributed by atoms with Gasteiger partial charge >= 0.3 is 5.97 Å². The van der Waals surface area contributed by atoms with Gasteiger partial charge in [0, 0.05) is 0 Å². The summed E-state index contributed by atoms with van der Waals surface area (Å²) in [5.74, 6) is -1.24. The molecule has 1 amide bonds. The first kappa shape index (κ1) is 19.3. The SMILES string of the molecule is COc1cccc(OC)c1NC(=O)[C@@H](CC(=O)O)Cc1ccc(C)cc1. The quantitative estimate of drug-likeness (QED) is 0.757. The zero-order valence-corrected chi connectivity index (χ0v) is 15.1. The van der Waals surface area contributed by atoms with Crippen LogP contribution in [0.1, 0.15) is 17.5 Å². The molecule has 0 fully saturated rings. The molecule has 0 aliphatic carbocycles. The van der Waals surface area contributed by atoms with E-state index in [-0.39, 0.29) is 6.42 Å². The summed E-state index contributed by atoms with van der Waals surface area (Å²) in [6, 6.07) is 12.8. The molecule has 0 heterocycles. The van der Waals surface area contributed by atoms with Gasteiger partial charge in [-0.25, -0.2) is 0 Å². The Morgan fingerprint density at radius 1 is 1.04 bits per heavy atom. The molecule has 138 valence electrons. The van der Waals surface area contributed by atoms with E-state index in [2.05, 4.69) is 5.32 Å². The highest BCUT2D eigenvalue weighted by Gasteiger charge is 2.24. The van der Waals surface area contributed by atoms with Crippen LogP contribution < -0.4 is 14.8 Å². The molecule has 0 saturated heterocycles. The molecular weight excluding hydrogens is 334 g/mol. The molecule has 0 aliphatic rings. The molecule has 26 heavy (non-hydrogen) atoms. The highest BCUT2D eigenvalue weighted by molar-refractivity contribution is 5.97. The first-order chi connectivity index (χ1) is 12.4. The van der Waals surface area contributed by atoms with Gasteiger partial charge in [-0.3, -0.25) is 9.59 Å². The minimum absolute atomic E-state index is 0.267. The fraction of sp³-hybridized carbons (Fsp3) is 0.300. The number of aliphatic carboxylic acids is 1. The number of methoxy groups -OCH3 is 2. The highest BCUT2D eigenvalue weighted by atomic mass is 16.5. The van der Waals surface area contributed by atoms with Gasteiger partial charge in [0.2, 0.25) is 5.91 Å². The number of nitrogens with one attached hydrogen (secondary N) is 1. The maximum Gasteiger partial charge on any atom is 0.304 e. The van der Waals surface area contributed by atoms with Crippen LogP contribution in [0.3, 0.4) is 0 Å². The maximum atomic E-state index is 12.8. The monoisotopic (exact) mass is 357 g/mol. The fourth-order valence-corrected chi connectivity index (χ4v) is 2.68. The Hall–Kier alpha value is -3.02. The van der Waals surface area contributed by atoms with Gasteiger partial charge in [0.1, 0.15) is 17.2 Å². The van der Waals surface area contributed by atoms with Crippen molar-refractivity contribution in [2.24, 2.45) is 5.92 Å². The lowest BCUT2D eigenvalue weighted by Gasteiger charge is -2.18. The van der Waals surface area contributed by atoms with Crippen molar-refractivity contribution in [1.82, 2.24) is 0 Å². The van der Waals surface area contributed by atoms with Crippen LogP contribution >= 0.6 is 0 Å². The fourth-order valence-electron chi connectivity index (χ4n) is 2.68. The predicted molar refractivity (Wildman–Crippen MR) is 98.8 cm³/mol. The van der Waals surface area contributed by atoms with E-state index in [1.165, 1.54) is 14.2 Å². The summed E-state index contributed by atoms with van der Waals surface area (Å²) >= 11 is 0. The second kappa shape index (κ2) is 8.89. The summed E-state index contributed by atoms with van der Waals surface area (Å²) in [5, 5.41) is 12.0. The molecule has 1 atom stereocenters. The molecule has 0 bridgehead atoms. The number of amides is 1. The molecule has 6 nitrogen and oxygen atoms in total. The lowest BCUT2D eigenvalue weighted by atomic mass is 9.94. The van der Waals surface area contributed by atoms with E-state index in [1.54, 1.807) is 18.2 Å². The van der Waals surface area contributed by atoms with Gasteiger partial charge in [-0.15, -0.1) is 0 Å². The van der Waals surface area contributed by atoms with Crippen LogP contribution in [-0.4, -0.2) is 31.2 Å². The molecule has 0 spiro atoms. The number of hydrogen-bond acceptors (Lipinski definition) is 4. The predicted octanol–water partition coefficient (Wildman–Crippen LogP) is 3.28. The largest absolute Gasteiger partial charge is 0.494 e. The number of hydrogen-bond donors (Lipinski definition) is 2.